The van der Waals surface area contributed by atoms with E-state index in [1.807, 2.05) is 47.9 Å². The zero-order chi connectivity index (χ0) is 29.6. The van der Waals surface area contributed by atoms with Gasteiger partial charge in [-0.15, -0.1) is 16.2 Å². The number of primary amides is 1. The highest BCUT2D eigenvalue weighted by Gasteiger charge is 2.23. The van der Waals surface area contributed by atoms with Gasteiger partial charge in [0, 0.05) is 11.6 Å². The Morgan fingerprint density at radius 3 is 2.81 bits per heavy atom. The number of carbonyl (C=O) groups is 1. The Balaban J connectivity index is 1.42. The average Bonchev–Trinajstić information content (AvgIpc) is 3.60. The Kier molecular flexibility index (Phi) is 9.16. The molecule has 0 radical (unpaired) electrons. The van der Waals surface area contributed by atoms with E-state index in [1.165, 1.54) is 17.5 Å². The fourth-order valence-electron chi connectivity index (χ4n) is 4.87. The number of fused-ring (bicyclic) bond motifs is 1. The quantitative estimate of drug-likeness (QED) is 0.141. The number of nitrogens with two attached hydrogens (primary N) is 1. The molecular formula is C31H30ClN5O4S. The molecule has 1 aliphatic rings. The van der Waals surface area contributed by atoms with E-state index in [0.29, 0.717) is 21.5 Å². The second kappa shape index (κ2) is 13.2. The van der Waals surface area contributed by atoms with Gasteiger partial charge in [-0.2, -0.15) is 0 Å². The Hall–Kier alpha value is -4.25. The van der Waals surface area contributed by atoms with Crippen LogP contribution in [0.2, 0.25) is 5.02 Å². The van der Waals surface area contributed by atoms with Gasteiger partial charge in [-0.25, -0.2) is 4.98 Å². The van der Waals surface area contributed by atoms with Crippen LogP contribution >= 0.6 is 22.9 Å². The molecule has 3 N–H and O–H groups in total. The normalized spacial score (nSPS) is 15.1. The van der Waals surface area contributed by atoms with E-state index in [0.717, 1.165) is 53.7 Å². The van der Waals surface area contributed by atoms with Crippen LogP contribution in [0.25, 0.3) is 21.6 Å². The lowest BCUT2D eigenvalue weighted by Crippen LogP contribution is -2.34. The number of allylic oxidation sites excluding steroid dienone is 4. The van der Waals surface area contributed by atoms with Gasteiger partial charge >= 0.3 is 0 Å². The Morgan fingerprint density at radius 2 is 2.07 bits per heavy atom. The van der Waals surface area contributed by atoms with Crippen LogP contribution in [0.1, 0.15) is 46.7 Å². The predicted molar refractivity (Wildman–Crippen MR) is 168 cm³/mol. The number of thiophene rings is 1. The first-order valence-corrected chi connectivity index (χ1v) is 14.6. The Labute approximate surface area is 252 Å². The first-order chi connectivity index (χ1) is 20.4. The molecule has 5 rings (SSSR count). The number of benzene rings is 2. The van der Waals surface area contributed by atoms with Crippen LogP contribution in [0.3, 0.4) is 0 Å². The third kappa shape index (κ3) is 6.30. The van der Waals surface area contributed by atoms with Crippen LogP contribution in [0, 0.1) is 4.91 Å². The van der Waals surface area contributed by atoms with Gasteiger partial charge in [0.25, 0.3) is 5.91 Å². The molecule has 0 bridgehead atoms. The maximum absolute atomic E-state index is 12.4. The number of aromatic nitrogens is 2. The molecule has 3 heterocycles. The number of hydrogen-bond acceptors (Lipinski definition) is 8. The minimum Gasteiger partial charge on any atom is -0.489 e. The standard InChI is InChI=1S/C31H30ClN5O4S/c1-3-5-20(10-15-36-39)21-8-9-25-24(16-21)35-18-37(25)28-17-27(30(42-28)31(33)38)40-19(2)23-6-4-7-26(29(23)32)41-22-11-13-34-14-12-22/h3-10,15-19,22,34H,1,11-14H2,2H3,(H2,33,38)/b15-10-,20-5+. The van der Waals surface area contributed by atoms with Crippen LogP contribution < -0.4 is 20.5 Å². The molecule has 1 unspecified atom stereocenters. The Morgan fingerprint density at radius 1 is 1.26 bits per heavy atom. The van der Waals surface area contributed by atoms with Crippen molar-refractivity contribution in [2.24, 2.45) is 10.9 Å². The summed E-state index contributed by atoms with van der Waals surface area (Å²) in [6, 6.07) is 13.1. The van der Waals surface area contributed by atoms with Crippen molar-refractivity contribution in [2.45, 2.75) is 32.0 Å². The molecule has 11 heteroatoms. The lowest BCUT2D eigenvalue weighted by Gasteiger charge is -2.25. The number of ether oxygens (including phenoxy) is 2. The lowest BCUT2D eigenvalue weighted by molar-refractivity contribution is 0.0998. The van der Waals surface area contributed by atoms with E-state index in [-0.39, 0.29) is 11.0 Å². The van der Waals surface area contributed by atoms with Gasteiger partial charge in [0.15, 0.2) is 0 Å². The van der Waals surface area contributed by atoms with Crippen molar-refractivity contribution in [3.63, 3.8) is 0 Å². The van der Waals surface area contributed by atoms with Gasteiger partial charge in [-0.05, 0) is 73.4 Å². The topological polar surface area (TPSA) is 121 Å². The summed E-state index contributed by atoms with van der Waals surface area (Å²) in [4.78, 5) is 27.9. The molecule has 0 saturated carbocycles. The highest BCUT2D eigenvalue weighted by molar-refractivity contribution is 7.16. The number of carbonyl (C=O) groups excluding carboxylic acids is 1. The second-order valence-electron chi connectivity index (χ2n) is 9.73. The van der Waals surface area contributed by atoms with Crippen molar-refractivity contribution < 1.29 is 14.3 Å². The van der Waals surface area contributed by atoms with Crippen LogP contribution in [-0.4, -0.2) is 34.7 Å². The van der Waals surface area contributed by atoms with Gasteiger partial charge in [-0.3, -0.25) is 9.36 Å². The van der Waals surface area contributed by atoms with Crippen molar-refractivity contribution in [1.82, 2.24) is 14.9 Å². The minimum absolute atomic E-state index is 0.103. The van der Waals surface area contributed by atoms with Crippen LogP contribution in [0.15, 0.2) is 85.0 Å². The molecule has 4 aromatic rings. The van der Waals surface area contributed by atoms with Crippen molar-refractivity contribution in [1.29, 1.82) is 0 Å². The summed E-state index contributed by atoms with van der Waals surface area (Å²) in [6.07, 6.45) is 9.33. The smallest absolute Gasteiger partial charge is 0.262 e. The van der Waals surface area contributed by atoms with Gasteiger partial charge in [0.1, 0.15) is 39.9 Å². The number of nitrogens with zero attached hydrogens (tertiary/aromatic N) is 3. The zero-order valence-corrected chi connectivity index (χ0v) is 24.5. The summed E-state index contributed by atoms with van der Waals surface area (Å²) in [5.41, 5.74) is 9.64. The van der Waals surface area contributed by atoms with Gasteiger partial charge in [0.2, 0.25) is 0 Å². The van der Waals surface area contributed by atoms with Crippen molar-refractivity contribution in [3.8, 4) is 16.5 Å². The molecule has 2 aromatic carbocycles. The molecule has 1 atom stereocenters. The summed E-state index contributed by atoms with van der Waals surface area (Å²) < 4.78 is 14.4. The summed E-state index contributed by atoms with van der Waals surface area (Å²) in [7, 11) is 0. The van der Waals surface area contributed by atoms with E-state index in [1.54, 1.807) is 30.6 Å². The summed E-state index contributed by atoms with van der Waals surface area (Å²) >= 11 is 7.98. The summed E-state index contributed by atoms with van der Waals surface area (Å²) in [5, 5.41) is 7.32. The molecule has 0 spiro atoms. The predicted octanol–water partition coefficient (Wildman–Crippen LogP) is 6.96. The molecule has 1 aliphatic heterocycles. The number of imidazole rings is 1. The number of nitroso groups, excluding NO2 is 1. The molecule has 2 aromatic heterocycles. The lowest BCUT2D eigenvalue weighted by atomic mass is 10.0. The van der Waals surface area contributed by atoms with Crippen LogP contribution in [0.5, 0.6) is 11.5 Å². The molecular weight excluding hydrogens is 574 g/mol. The van der Waals surface area contributed by atoms with E-state index < -0.39 is 12.0 Å². The number of rotatable bonds is 11. The maximum atomic E-state index is 12.4. The highest BCUT2D eigenvalue weighted by Crippen LogP contribution is 2.39. The van der Waals surface area contributed by atoms with Crippen LogP contribution in [-0.2, 0) is 0 Å². The second-order valence-corrected chi connectivity index (χ2v) is 11.1. The molecule has 216 valence electrons. The third-order valence-electron chi connectivity index (χ3n) is 6.95. The fraction of sp³-hybridized carbons (Fsp3) is 0.226. The largest absolute Gasteiger partial charge is 0.489 e. The molecule has 1 amide bonds. The van der Waals surface area contributed by atoms with E-state index in [2.05, 4.69) is 22.1 Å². The van der Waals surface area contributed by atoms with Crippen LogP contribution in [0.4, 0.5) is 0 Å². The molecule has 0 aliphatic carbocycles. The fourth-order valence-corrected chi connectivity index (χ4v) is 6.12. The molecule has 1 fully saturated rings. The van der Waals surface area contributed by atoms with E-state index >= 15 is 0 Å². The number of halogens is 1. The van der Waals surface area contributed by atoms with Crippen molar-refractivity contribution in [3.05, 3.63) is 106 Å². The number of piperidine rings is 1. The summed E-state index contributed by atoms with van der Waals surface area (Å²) in [6.45, 7) is 7.43. The van der Waals surface area contributed by atoms with Gasteiger partial charge in [-0.1, -0.05) is 48.5 Å². The zero-order valence-electron chi connectivity index (χ0n) is 23.0. The average molecular weight is 604 g/mol. The Bertz CT molecular complexity index is 1690. The minimum atomic E-state index is -0.593. The summed E-state index contributed by atoms with van der Waals surface area (Å²) in [5.74, 6) is 0.381. The van der Waals surface area contributed by atoms with E-state index in [9.17, 15) is 9.70 Å². The highest BCUT2D eigenvalue weighted by atomic mass is 35.5. The number of amides is 1. The number of hydrogen-bond donors (Lipinski definition) is 2. The van der Waals surface area contributed by atoms with E-state index in [4.69, 9.17) is 26.8 Å². The number of nitrogens with one attached hydrogen (secondary N) is 1. The third-order valence-corrected chi connectivity index (χ3v) is 8.49. The van der Waals surface area contributed by atoms with Crippen molar-refractivity contribution >= 4 is 45.5 Å². The molecule has 9 nitrogen and oxygen atoms in total. The first-order valence-electron chi connectivity index (χ1n) is 13.4. The van der Waals surface area contributed by atoms with Gasteiger partial charge < -0.3 is 20.5 Å². The maximum Gasteiger partial charge on any atom is 0.262 e. The monoisotopic (exact) mass is 603 g/mol. The van der Waals surface area contributed by atoms with Gasteiger partial charge in [0.05, 0.1) is 22.3 Å². The first kappa shape index (κ1) is 29.2. The molecule has 42 heavy (non-hydrogen) atoms. The van der Waals surface area contributed by atoms with Crippen molar-refractivity contribution in [2.75, 3.05) is 13.1 Å². The molecule has 1 saturated heterocycles. The SMILES string of the molecule is C=C/C=C(\C=C/N=O)c1ccc2c(c1)ncn2-c1cc(OC(C)c2cccc(OC3CCNCC3)c2Cl)c(C(N)=O)s1.